The van der Waals surface area contributed by atoms with Crippen molar-refractivity contribution >= 4 is 11.0 Å². The van der Waals surface area contributed by atoms with Crippen molar-refractivity contribution < 1.29 is 19.2 Å². The molecule has 0 radical (unpaired) electrons. The van der Waals surface area contributed by atoms with Gasteiger partial charge in [-0.05, 0) is 43.9 Å². The molecule has 23 heavy (non-hydrogen) atoms. The monoisotopic (exact) mass is 318 g/mol. The molecule has 5 nitrogen and oxygen atoms in total. The van der Waals surface area contributed by atoms with E-state index in [-0.39, 0.29) is 12.2 Å². The molecule has 1 aliphatic heterocycles. The van der Waals surface area contributed by atoms with Gasteiger partial charge in [0.1, 0.15) is 30.6 Å². The second-order valence-electron chi connectivity index (χ2n) is 6.39. The molecule has 1 aliphatic rings. The lowest BCUT2D eigenvalue weighted by atomic mass is 10.1. The molecular weight excluding hydrogens is 294 g/mol. The van der Waals surface area contributed by atoms with Crippen LogP contribution in [0.1, 0.15) is 24.8 Å². The van der Waals surface area contributed by atoms with Crippen LogP contribution in [0.5, 0.6) is 5.75 Å². The maximum atomic E-state index is 11.5. The van der Waals surface area contributed by atoms with E-state index in [9.17, 15) is 9.90 Å². The van der Waals surface area contributed by atoms with Crippen LogP contribution in [0.3, 0.4) is 0 Å². The highest BCUT2D eigenvalue weighted by Crippen LogP contribution is 2.22. The van der Waals surface area contributed by atoms with Crippen LogP contribution in [-0.2, 0) is 0 Å². The van der Waals surface area contributed by atoms with Crippen molar-refractivity contribution in [2.45, 2.75) is 32.3 Å². The quantitative estimate of drug-likeness (QED) is 0.805. The summed E-state index contributed by atoms with van der Waals surface area (Å²) in [6, 6.07) is 6.92. The number of benzene rings is 1. The number of nitrogens with one attached hydrogen (secondary N) is 1. The van der Waals surface area contributed by atoms with Gasteiger partial charge in [-0.25, -0.2) is 4.79 Å². The van der Waals surface area contributed by atoms with E-state index >= 15 is 0 Å². The molecule has 0 spiro atoms. The summed E-state index contributed by atoms with van der Waals surface area (Å²) in [6.07, 6.45) is 3.30. The number of piperidine rings is 1. The molecule has 0 aliphatic carbocycles. The molecule has 124 valence electrons. The number of ether oxygens (including phenoxy) is 1. The van der Waals surface area contributed by atoms with Crippen LogP contribution >= 0.6 is 0 Å². The fourth-order valence-electron chi connectivity index (χ4n) is 3.24. The van der Waals surface area contributed by atoms with Gasteiger partial charge in [0, 0.05) is 17.5 Å². The van der Waals surface area contributed by atoms with Crippen molar-refractivity contribution in [3.63, 3.8) is 0 Å². The van der Waals surface area contributed by atoms with Crippen molar-refractivity contribution in [2.24, 2.45) is 0 Å². The summed E-state index contributed by atoms with van der Waals surface area (Å²) in [5.74, 6) is 0.610. The van der Waals surface area contributed by atoms with Gasteiger partial charge >= 0.3 is 5.63 Å². The molecular formula is C18H24NO4+. The molecule has 0 amide bonds. The van der Waals surface area contributed by atoms with Gasteiger partial charge in [0.2, 0.25) is 0 Å². The Morgan fingerprint density at radius 1 is 1.26 bits per heavy atom. The Bertz CT molecular complexity index is 719. The van der Waals surface area contributed by atoms with E-state index < -0.39 is 6.10 Å². The zero-order valence-corrected chi connectivity index (χ0v) is 13.5. The Morgan fingerprint density at radius 3 is 2.83 bits per heavy atom. The van der Waals surface area contributed by atoms with E-state index in [1.807, 2.05) is 19.1 Å². The molecule has 1 fully saturated rings. The lowest BCUT2D eigenvalue weighted by molar-refractivity contribution is -0.908. The predicted octanol–water partition coefficient (Wildman–Crippen LogP) is 0.910. The summed E-state index contributed by atoms with van der Waals surface area (Å²) in [5.41, 5.74) is 1.04. The van der Waals surface area contributed by atoms with Gasteiger partial charge in [-0.3, -0.25) is 0 Å². The number of hydrogen-bond acceptors (Lipinski definition) is 4. The molecule has 1 aromatic carbocycles. The summed E-state index contributed by atoms with van der Waals surface area (Å²) in [4.78, 5) is 12.9. The number of aryl methyl sites for hydroxylation is 1. The van der Waals surface area contributed by atoms with Crippen LogP contribution in [0.15, 0.2) is 33.5 Å². The third-order valence-corrected chi connectivity index (χ3v) is 4.45. The summed E-state index contributed by atoms with van der Waals surface area (Å²) < 4.78 is 10.9. The number of likely N-dealkylation sites (tertiary alicyclic amines) is 1. The lowest BCUT2D eigenvalue weighted by Crippen LogP contribution is -3.14. The van der Waals surface area contributed by atoms with Gasteiger partial charge in [-0.1, -0.05) is 0 Å². The van der Waals surface area contributed by atoms with Gasteiger partial charge in [-0.15, -0.1) is 0 Å². The average molecular weight is 318 g/mol. The third-order valence-electron chi connectivity index (χ3n) is 4.45. The molecule has 1 unspecified atom stereocenters. The Labute approximate surface area is 135 Å². The van der Waals surface area contributed by atoms with Crippen LogP contribution in [0.4, 0.5) is 0 Å². The minimum Gasteiger partial charge on any atom is -0.491 e. The molecule has 1 saturated heterocycles. The number of aliphatic hydroxyl groups excluding tert-OH is 1. The highest BCUT2D eigenvalue weighted by Gasteiger charge is 2.18. The molecule has 3 rings (SSSR count). The smallest absolute Gasteiger partial charge is 0.336 e. The number of hydrogen-bond donors (Lipinski definition) is 2. The largest absolute Gasteiger partial charge is 0.491 e. The van der Waals surface area contributed by atoms with E-state index in [0.717, 1.165) is 30.6 Å². The fraction of sp³-hybridized carbons (Fsp3) is 0.500. The van der Waals surface area contributed by atoms with Gasteiger partial charge in [0.05, 0.1) is 13.1 Å². The zero-order chi connectivity index (χ0) is 16.2. The van der Waals surface area contributed by atoms with Crippen molar-refractivity contribution in [2.75, 3.05) is 26.2 Å². The Kier molecular flexibility index (Phi) is 4.98. The maximum absolute atomic E-state index is 11.5. The van der Waals surface area contributed by atoms with E-state index in [1.54, 1.807) is 6.07 Å². The first-order valence-electron chi connectivity index (χ1n) is 8.31. The van der Waals surface area contributed by atoms with Gasteiger partial charge < -0.3 is 19.2 Å². The first kappa shape index (κ1) is 16.0. The Balaban J connectivity index is 1.61. The molecule has 1 atom stereocenters. The van der Waals surface area contributed by atoms with Crippen molar-refractivity contribution in [3.05, 3.63) is 40.2 Å². The standard InChI is InChI=1S/C18H23NO4/c1-13-9-18(21)23-17-10-15(5-6-16(13)17)22-12-14(20)11-19-7-3-2-4-8-19/h5-6,9-10,14,20H,2-4,7-8,11-12H2,1H3/p+1. The van der Waals surface area contributed by atoms with E-state index in [0.29, 0.717) is 11.3 Å². The second-order valence-corrected chi connectivity index (χ2v) is 6.39. The van der Waals surface area contributed by atoms with Gasteiger partial charge in [-0.2, -0.15) is 0 Å². The SMILES string of the molecule is Cc1cc(=O)oc2cc(OCC(O)C[NH+]3CCCCC3)ccc12. The second kappa shape index (κ2) is 7.15. The minimum atomic E-state index is -0.483. The van der Waals surface area contributed by atoms with E-state index in [1.165, 1.54) is 30.2 Å². The summed E-state index contributed by atoms with van der Waals surface area (Å²) in [5, 5.41) is 11.0. The van der Waals surface area contributed by atoms with E-state index in [4.69, 9.17) is 9.15 Å². The topological polar surface area (TPSA) is 64.1 Å². The molecule has 0 bridgehead atoms. The highest BCUT2D eigenvalue weighted by atomic mass is 16.5. The summed E-state index contributed by atoms with van der Waals surface area (Å²) >= 11 is 0. The molecule has 2 aromatic rings. The van der Waals surface area contributed by atoms with Crippen LogP contribution in [0.2, 0.25) is 0 Å². The molecule has 0 saturated carbocycles. The number of quaternary nitrogens is 1. The van der Waals surface area contributed by atoms with Gasteiger partial charge in [0.15, 0.2) is 0 Å². The summed E-state index contributed by atoms with van der Waals surface area (Å²) in [6.45, 7) is 5.13. The van der Waals surface area contributed by atoms with Crippen LogP contribution < -0.4 is 15.3 Å². The Morgan fingerprint density at radius 2 is 2.04 bits per heavy atom. The first-order valence-corrected chi connectivity index (χ1v) is 8.31. The lowest BCUT2D eigenvalue weighted by Gasteiger charge is -2.25. The molecule has 2 N–H and O–H groups in total. The number of fused-ring (bicyclic) bond motifs is 1. The van der Waals surface area contributed by atoms with Crippen LogP contribution in [0, 0.1) is 6.92 Å². The van der Waals surface area contributed by atoms with E-state index in [2.05, 4.69) is 0 Å². The normalized spacial score (nSPS) is 17.3. The maximum Gasteiger partial charge on any atom is 0.336 e. The third kappa shape index (κ3) is 4.12. The fourth-order valence-corrected chi connectivity index (χ4v) is 3.24. The average Bonchev–Trinajstić information content (AvgIpc) is 2.53. The first-order chi connectivity index (χ1) is 11.1. The van der Waals surface area contributed by atoms with Crippen molar-refractivity contribution in [1.29, 1.82) is 0 Å². The number of rotatable bonds is 5. The van der Waals surface area contributed by atoms with Gasteiger partial charge in [0.25, 0.3) is 0 Å². The van der Waals surface area contributed by atoms with Crippen LogP contribution in [-0.4, -0.2) is 37.5 Å². The Hall–Kier alpha value is -1.85. The number of aliphatic hydroxyl groups is 1. The van der Waals surface area contributed by atoms with Crippen LogP contribution in [0.25, 0.3) is 11.0 Å². The zero-order valence-electron chi connectivity index (χ0n) is 13.5. The molecule has 5 heteroatoms. The van der Waals surface area contributed by atoms with Crippen molar-refractivity contribution in [3.8, 4) is 5.75 Å². The predicted molar refractivity (Wildman–Crippen MR) is 88.1 cm³/mol. The van der Waals surface area contributed by atoms with Crippen molar-refractivity contribution in [1.82, 2.24) is 0 Å². The summed E-state index contributed by atoms with van der Waals surface area (Å²) in [7, 11) is 0. The minimum absolute atomic E-state index is 0.255. The molecule has 2 heterocycles. The highest BCUT2D eigenvalue weighted by molar-refractivity contribution is 5.81. The molecule has 1 aromatic heterocycles.